The lowest BCUT2D eigenvalue weighted by Crippen LogP contribution is -2.21. The molecule has 0 unspecified atom stereocenters. The minimum absolute atomic E-state index is 0.254. The lowest BCUT2D eigenvalue weighted by Gasteiger charge is -2.16. The maximum absolute atomic E-state index is 5.62. The van der Waals surface area contributed by atoms with Crippen molar-refractivity contribution in [1.82, 2.24) is 10.2 Å². The monoisotopic (exact) mass is 257 g/mol. The highest BCUT2D eigenvalue weighted by atomic mass is 35.5. The second-order valence-electron chi connectivity index (χ2n) is 3.21. The third-order valence-corrected chi connectivity index (χ3v) is 3.24. The van der Waals surface area contributed by atoms with Crippen molar-refractivity contribution in [2.75, 3.05) is 11.4 Å². The van der Waals surface area contributed by atoms with Crippen LogP contribution in [0, 0.1) is 0 Å². The second kappa shape index (κ2) is 5.32. The molecule has 6 heteroatoms. The molecule has 0 atom stereocenters. The zero-order valence-electron chi connectivity index (χ0n) is 8.89. The fourth-order valence-corrected chi connectivity index (χ4v) is 2.16. The molecule has 2 rings (SSSR count). The Morgan fingerprint density at radius 3 is 2.94 bits per heavy atom. The van der Waals surface area contributed by atoms with Gasteiger partial charge in [0.1, 0.15) is 5.88 Å². The lowest BCUT2D eigenvalue weighted by atomic mass is 10.4. The number of alkyl halides is 1. The first-order valence-corrected chi connectivity index (χ1v) is 6.40. The third kappa shape index (κ3) is 2.54. The molecule has 0 radical (unpaired) electrons. The summed E-state index contributed by atoms with van der Waals surface area (Å²) in [6.07, 6.45) is 0. The van der Waals surface area contributed by atoms with Crippen LogP contribution in [0.4, 0.5) is 6.01 Å². The van der Waals surface area contributed by atoms with Crippen LogP contribution in [0.3, 0.4) is 0 Å². The fourth-order valence-electron chi connectivity index (χ4n) is 1.33. The van der Waals surface area contributed by atoms with E-state index in [0.717, 1.165) is 13.1 Å². The highest BCUT2D eigenvalue weighted by molar-refractivity contribution is 7.09. The molecule has 0 saturated heterocycles. The largest absolute Gasteiger partial charge is 0.407 e. The number of hydrogen-bond donors (Lipinski definition) is 0. The van der Waals surface area contributed by atoms with Crippen LogP contribution in [0.1, 0.15) is 17.7 Å². The van der Waals surface area contributed by atoms with Crippen molar-refractivity contribution in [2.24, 2.45) is 0 Å². The van der Waals surface area contributed by atoms with Crippen LogP contribution in [0.25, 0.3) is 0 Å². The van der Waals surface area contributed by atoms with Gasteiger partial charge in [-0.15, -0.1) is 28.0 Å². The molecule has 2 heterocycles. The third-order valence-electron chi connectivity index (χ3n) is 2.15. The Morgan fingerprint density at radius 1 is 1.50 bits per heavy atom. The lowest BCUT2D eigenvalue weighted by molar-refractivity contribution is 0.500. The Hall–Kier alpha value is -1.07. The van der Waals surface area contributed by atoms with Gasteiger partial charge in [0.05, 0.1) is 6.54 Å². The minimum Gasteiger partial charge on any atom is -0.407 e. The maximum atomic E-state index is 5.62. The molecule has 0 aliphatic rings. The summed E-state index contributed by atoms with van der Waals surface area (Å²) in [4.78, 5) is 3.29. The normalized spacial score (nSPS) is 10.6. The number of nitrogens with zero attached hydrogens (tertiary/aromatic N) is 3. The van der Waals surface area contributed by atoms with Crippen molar-refractivity contribution in [2.45, 2.75) is 19.3 Å². The van der Waals surface area contributed by atoms with E-state index in [0.29, 0.717) is 11.9 Å². The molecule has 0 saturated carbocycles. The number of aromatic nitrogens is 2. The average molecular weight is 258 g/mol. The topological polar surface area (TPSA) is 42.2 Å². The van der Waals surface area contributed by atoms with Crippen molar-refractivity contribution in [1.29, 1.82) is 0 Å². The molecule has 0 spiro atoms. The SMILES string of the molecule is CCN(Cc1cccs1)c1nnc(CCl)o1. The van der Waals surface area contributed by atoms with E-state index in [1.165, 1.54) is 4.88 Å². The van der Waals surface area contributed by atoms with Crippen LogP contribution in [0.15, 0.2) is 21.9 Å². The summed E-state index contributed by atoms with van der Waals surface area (Å²) in [6, 6.07) is 4.66. The molecule has 86 valence electrons. The summed E-state index contributed by atoms with van der Waals surface area (Å²) < 4.78 is 5.41. The molecular formula is C10H12ClN3OS. The Morgan fingerprint density at radius 2 is 2.38 bits per heavy atom. The van der Waals surface area contributed by atoms with Gasteiger partial charge in [0.2, 0.25) is 5.89 Å². The van der Waals surface area contributed by atoms with Crippen molar-refractivity contribution in [3.8, 4) is 0 Å². The van der Waals surface area contributed by atoms with Crippen LogP contribution < -0.4 is 4.90 Å². The standard InChI is InChI=1S/C10H12ClN3OS/c1-2-14(7-8-4-3-5-16-8)10-13-12-9(6-11)15-10/h3-5H,2,6-7H2,1H3. The molecule has 2 aromatic rings. The Bertz CT molecular complexity index is 429. The number of hydrogen-bond acceptors (Lipinski definition) is 5. The summed E-state index contributed by atoms with van der Waals surface area (Å²) in [6.45, 7) is 3.66. The molecule has 0 amide bonds. The van der Waals surface area contributed by atoms with Crippen LogP contribution in [-0.2, 0) is 12.4 Å². The zero-order valence-corrected chi connectivity index (χ0v) is 10.5. The van der Waals surface area contributed by atoms with Gasteiger partial charge in [0.15, 0.2) is 0 Å². The molecule has 0 fully saturated rings. The quantitative estimate of drug-likeness (QED) is 0.773. The van der Waals surface area contributed by atoms with Crippen molar-refractivity contribution in [3.05, 3.63) is 28.3 Å². The second-order valence-corrected chi connectivity index (χ2v) is 4.51. The van der Waals surface area contributed by atoms with Gasteiger partial charge in [0.25, 0.3) is 0 Å². The summed E-state index contributed by atoms with van der Waals surface area (Å²) in [5.74, 6) is 0.713. The van der Waals surface area contributed by atoms with Gasteiger partial charge in [-0.25, -0.2) is 0 Å². The molecule has 2 aromatic heterocycles. The summed E-state index contributed by atoms with van der Waals surface area (Å²) in [5.41, 5.74) is 0. The van der Waals surface area contributed by atoms with Gasteiger partial charge in [-0.05, 0) is 18.4 Å². The van der Waals surface area contributed by atoms with Gasteiger partial charge in [0, 0.05) is 11.4 Å². The van der Waals surface area contributed by atoms with E-state index in [1.807, 2.05) is 11.0 Å². The van der Waals surface area contributed by atoms with Crippen molar-refractivity contribution >= 4 is 29.0 Å². The van der Waals surface area contributed by atoms with E-state index in [2.05, 4.69) is 28.6 Å². The maximum Gasteiger partial charge on any atom is 0.318 e. The number of thiophene rings is 1. The number of rotatable bonds is 5. The first kappa shape index (κ1) is 11.4. The van der Waals surface area contributed by atoms with E-state index in [9.17, 15) is 0 Å². The molecule has 0 aliphatic heterocycles. The van der Waals surface area contributed by atoms with E-state index >= 15 is 0 Å². The van der Waals surface area contributed by atoms with Gasteiger partial charge in [-0.1, -0.05) is 11.2 Å². The fraction of sp³-hybridized carbons (Fsp3) is 0.400. The Labute approximate surface area is 103 Å². The Balaban J connectivity index is 2.10. The first-order chi connectivity index (χ1) is 7.83. The average Bonchev–Trinajstić information content (AvgIpc) is 2.96. The predicted molar refractivity (Wildman–Crippen MR) is 64.9 cm³/mol. The van der Waals surface area contributed by atoms with E-state index < -0.39 is 0 Å². The highest BCUT2D eigenvalue weighted by Gasteiger charge is 2.13. The summed E-state index contributed by atoms with van der Waals surface area (Å²) >= 11 is 7.33. The highest BCUT2D eigenvalue weighted by Crippen LogP contribution is 2.18. The molecule has 16 heavy (non-hydrogen) atoms. The molecule has 4 nitrogen and oxygen atoms in total. The Kier molecular flexibility index (Phi) is 3.79. The van der Waals surface area contributed by atoms with Gasteiger partial charge >= 0.3 is 6.01 Å². The predicted octanol–water partition coefficient (Wildman–Crippen LogP) is 2.90. The molecular weight excluding hydrogens is 246 g/mol. The van der Waals surface area contributed by atoms with E-state index in [4.69, 9.17) is 16.0 Å². The van der Waals surface area contributed by atoms with Crippen molar-refractivity contribution < 1.29 is 4.42 Å². The van der Waals surface area contributed by atoms with Crippen molar-refractivity contribution in [3.63, 3.8) is 0 Å². The minimum atomic E-state index is 0.254. The van der Waals surface area contributed by atoms with Crippen LogP contribution in [-0.4, -0.2) is 16.7 Å². The van der Waals surface area contributed by atoms with Crippen LogP contribution in [0.2, 0.25) is 0 Å². The van der Waals surface area contributed by atoms with Crippen LogP contribution >= 0.6 is 22.9 Å². The van der Waals surface area contributed by atoms with Gasteiger partial charge in [-0.3, -0.25) is 0 Å². The van der Waals surface area contributed by atoms with Crippen LogP contribution in [0.5, 0.6) is 0 Å². The molecule has 0 aliphatic carbocycles. The van der Waals surface area contributed by atoms with Gasteiger partial charge < -0.3 is 9.32 Å². The number of halogens is 1. The van der Waals surface area contributed by atoms with Gasteiger partial charge in [-0.2, -0.15) is 0 Å². The molecule has 0 aromatic carbocycles. The molecule has 0 N–H and O–H groups in total. The zero-order chi connectivity index (χ0) is 11.4. The van der Waals surface area contributed by atoms with E-state index in [-0.39, 0.29) is 5.88 Å². The first-order valence-electron chi connectivity index (χ1n) is 4.99. The smallest absolute Gasteiger partial charge is 0.318 e. The molecule has 0 bridgehead atoms. The number of anilines is 1. The summed E-state index contributed by atoms with van der Waals surface area (Å²) in [5, 5.41) is 9.87. The summed E-state index contributed by atoms with van der Waals surface area (Å²) in [7, 11) is 0. The van der Waals surface area contributed by atoms with E-state index in [1.54, 1.807) is 11.3 Å².